The van der Waals surface area contributed by atoms with E-state index in [1.165, 1.54) is 13.8 Å². The number of carbonyl (C=O) groups is 3. The van der Waals surface area contributed by atoms with Gasteiger partial charge in [-0.2, -0.15) is 0 Å². The molecule has 0 fully saturated rings. The zero-order chi connectivity index (χ0) is 16.5. The fraction of sp³-hybridized carbons (Fsp3) is 0.438. The van der Waals surface area contributed by atoms with Crippen molar-refractivity contribution in [3.63, 3.8) is 0 Å². The van der Waals surface area contributed by atoms with Crippen LogP contribution in [0.25, 0.3) is 0 Å². The molecule has 0 spiro atoms. The SMILES string of the molecule is CCCN(CCC(=O)Nc1cccc(NC(C)=O)c1)C(C)=O. The minimum Gasteiger partial charge on any atom is -0.342 e. The number of hydrogen-bond acceptors (Lipinski definition) is 3. The molecule has 0 aliphatic carbocycles. The molecule has 6 heteroatoms. The predicted molar refractivity (Wildman–Crippen MR) is 86.5 cm³/mol. The number of anilines is 2. The van der Waals surface area contributed by atoms with Crippen LogP contribution in [0.15, 0.2) is 24.3 Å². The van der Waals surface area contributed by atoms with Gasteiger partial charge in [0.05, 0.1) is 0 Å². The first-order valence-corrected chi connectivity index (χ1v) is 7.35. The van der Waals surface area contributed by atoms with Gasteiger partial charge in [-0.1, -0.05) is 13.0 Å². The third-order valence-electron chi connectivity index (χ3n) is 3.01. The van der Waals surface area contributed by atoms with Crippen LogP contribution in [-0.2, 0) is 14.4 Å². The van der Waals surface area contributed by atoms with E-state index in [1.807, 2.05) is 6.92 Å². The Morgan fingerprint density at radius 1 is 1.05 bits per heavy atom. The molecule has 0 aromatic heterocycles. The van der Waals surface area contributed by atoms with Crippen LogP contribution >= 0.6 is 0 Å². The normalized spacial score (nSPS) is 9.95. The molecule has 22 heavy (non-hydrogen) atoms. The standard InChI is InChI=1S/C16H23N3O3/c1-4-9-19(13(3)21)10-8-16(22)18-15-7-5-6-14(11-15)17-12(2)20/h5-7,11H,4,8-10H2,1-3H3,(H,17,20)(H,18,22). The maximum atomic E-state index is 11.9. The molecule has 3 amide bonds. The van der Waals surface area contributed by atoms with E-state index >= 15 is 0 Å². The first-order chi connectivity index (χ1) is 10.4. The van der Waals surface area contributed by atoms with Crippen LogP contribution in [0.1, 0.15) is 33.6 Å². The highest BCUT2D eigenvalue weighted by molar-refractivity contribution is 5.93. The molecule has 0 saturated heterocycles. The summed E-state index contributed by atoms with van der Waals surface area (Å²) < 4.78 is 0. The number of amides is 3. The van der Waals surface area contributed by atoms with Gasteiger partial charge in [0.1, 0.15) is 0 Å². The number of nitrogens with zero attached hydrogens (tertiary/aromatic N) is 1. The molecular weight excluding hydrogens is 282 g/mol. The first-order valence-electron chi connectivity index (χ1n) is 7.35. The van der Waals surface area contributed by atoms with Gasteiger partial charge in [-0.15, -0.1) is 0 Å². The summed E-state index contributed by atoms with van der Waals surface area (Å²) in [5.41, 5.74) is 1.24. The molecule has 1 aromatic rings. The van der Waals surface area contributed by atoms with Crippen LogP contribution in [0.2, 0.25) is 0 Å². The van der Waals surface area contributed by atoms with E-state index < -0.39 is 0 Å². The topological polar surface area (TPSA) is 78.5 Å². The minimum absolute atomic E-state index is 0.0256. The van der Waals surface area contributed by atoms with Crippen molar-refractivity contribution >= 4 is 29.1 Å². The monoisotopic (exact) mass is 305 g/mol. The fourth-order valence-electron chi connectivity index (χ4n) is 2.03. The smallest absolute Gasteiger partial charge is 0.226 e. The molecule has 0 radical (unpaired) electrons. The lowest BCUT2D eigenvalue weighted by atomic mass is 10.2. The summed E-state index contributed by atoms with van der Waals surface area (Å²) >= 11 is 0. The predicted octanol–water partition coefficient (Wildman–Crippen LogP) is 2.23. The molecule has 0 heterocycles. The molecule has 120 valence electrons. The number of nitrogens with one attached hydrogen (secondary N) is 2. The minimum atomic E-state index is -0.167. The number of hydrogen-bond donors (Lipinski definition) is 2. The van der Waals surface area contributed by atoms with Gasteiger partial charge in [-0.3, -0.25) is 14.4 Å². The molecule has 0 saturated carbocycles. The largest absolute Gasteiger partial charge is 0.342 e. The Labute approximate surface area is 130 Å². The average molecular weight is 305 g/mol. The van der Waals surface area contributed by atoms with Crippen molar-refractivity contribution in [1.82, 2.24) is 4.90 Å². The van der Waals surface area contributed by atoms with Crippen LogP contribution in [0.3, 0.4) is 0 Å². The van der Waals surface area contributed by atoms with Crippen LogP contribution in [0.4, 0.5) is 11.4 Å². The summed E-state index contributed by atoms with van der Waals surface area (Å²) in [6, 6.07) is 6.93. The average Bonchev–Trinajstić information content (AvgIpc) is 2.42. The Morgan fingerprint density at radius 2 is 1.68 bits per heavy atom. The van der Waals surface area contributed by atoms with Gasteiger partial charge in [0.2, 0.25) is 17.7 Å². The third kappa shape index (κ3) is 6.39. The van der Waals surface area contributed by atoms with Gasteiger partial charge in [-0.25, -0.2) is 0 Å². The highest BCUT2D eigenvalue weighted by Gasteiger charge is 2.10. The Kier molecular flexibility index (Phi) is 7.08. The van der Waals surface area contributed by atoms with Crippen LogP contribution in [0.5, 0.6) is 0 Å². The fourth-order valence-corrected chi connectivity index (χ4v) is 2.03. The van der Waals surface area contributed by atoms with Crippen LogP contribution in [0, 0.1) is 0 Å². The van der Waals surface area contributed by atoms with Crippen molar-refractivity contribution in [1.29, 1.82) is 0 Å². The highest BCUT2D eigenvalue weighted by atomic mass is 16.2. The Hall–Kier alpha value is -2.37. The molecule has 1 aromatic carbocycles. The van der Waals surface area contributed by atoms with E-state index in [-0.39, 0.29) is 24.1 Å². The van der Waals surface area contributed by atoms with E-state index in [0.29, 0.717) is 24.5 Å². The molecule has 0 aliphatic heterocycles. The molecule has 0 bridgehead atoms. The Bertz CT molecular complexity index is 543. The summed E-state index contributed by atoms with van der Waals surface area (Å²) in [5, 5.41) is 5.42. The lowest BCUT2D eigenvalue weighted by Crippen LogP contribution is -2.32. The van der Waals surface area contributed by atoms with E-state index in [9.17, 15) is 14.4 Å². The van der Waals surface area contributed by atoms with Crippen molar-refractivity contribution in [2.24, 2.45) is 0 Å². The van der Waals surface area contributed by atoms with E-state index in [2.05, 4.69) is 10.6 Å². The lowest BCUT2D eigenvalue weighted by Gasteiger charge is -2.19. The van der Waals surface area contributed by atoms with Gasteiger partial charge >= 0.3 is 0 Å². The lowest BCUT2D eigenvalue weighted by molar-refractivity contribution is -0.129. The van der Waals surface area contributed by atoms with Crippen LogP contribution in [-0.4, -0.2) is 35.7 Å². The summed E-state index contributed by atoms with van der Waals surface area (Å²) in [4.78, 5) is 36.0. The third-order valence-corrected chi connectivity index (χ3v) is 3.01. The molecule has 0 unspecified atom stereocenters. The molecule has 0 atom stereocenters. The first kappa shape index (κ1) is 17.7. The Morgan fingerprint density at radius 3 is 2.23 bits per heavy atom. The summed E-state index contributed by atoms with van der Waals surface area (Å²) in [7, 11) is 0. The van der Waals surface area contributed by atoms with Crippen molar-refractivity contribution in [3.8, 4) is 0 Å². The van der Waals surface area contributed by atoms with Crippen molar-refractivity contribution in [3.05, 3.63) is 24.3 Å². The summed E-state index contributed by atoms with van der Waals surface area (Å²) in [6.45, 7) is 5.98. The molecule has 1 rings (SSSR count). The maximum absolute atomic E-state index is 11.9. The van der Waals surface area contributed by atoms with E-state index in [0.717, 1.165) is 6.42 Å². The zero-order valence-corrected chi connectivity index (χ0v) is 13.3. The molecule has 0 aliphatic rings. The van der Waals surface area contributed by atoms with Gasteiger partial charge < -0.3 is 15.5 Å². The molecule has 2 N–H and O–H groups in total. The van der Waals surface area contributed by atoms with Crippen molar-refractivity contribution < 1.29 is 14.4 Å². The summed E-state index contributed by atoms with van der Waals surface area (Å²) in [5.74, 6) is -0.357. The maximum Gasteiger partial charge on any atom is 0.226 e. The Balaban J connectivity index is 2.54. The van der Waals surface area contributed by atoms with Gasteiger partial charge in [0, 0.05) is 44.7 Å². The second-order valence-electron chi connectivity index (χ2n) is 5.07. The molecular formula is C16H23N3O3. The zero-order valence-electron chi connectivity index (χ0n) is 13.3. The van der Waals surface area contributed by atoms with Gasteiger partial charge in [-0.05, 0) is 24.6 Å². The summed E-state index contributed by atoms with van der Waals surface area (Å²) in [6.07, 6.45) is 1.10. The van der Waals surface area contributed by atoms with Crippen molar-refractivity contribution in [2.75, 3.05) is 23.7 Å². The van der Waals surface area contributed by atoms with Gasteiger partial charge in [0.25, 0.3) is 0 Å². The highest BCUT2D eigenvalue weighted by Crippen LogP contribution is 2.15. The van der Waals surface area contributed by atoms with Crippen LogP contribution < -0.4 is 10.6 Å². The van der Waals surface area contributed by atoms with E-state index in [4.69, 9.17) is 0 Å². The van der Waals surface area contributed by atoms with Crippen molar-refractivity contribution in [2.45, 2.75) is 33.6 Å². The number of carbonyl (C=O) groups excluding carboxylic acids is 3. The number of rotatable bonds is 7. The molecule has 6 nitrogen and oxygen atoms in total. The van der Waals surface area contributed by atoms with Gasteiger partial charge in [0.15, 0.2) is 0 Å². The second kappa shape index (κ2) is 8.81. The number of benzene rings is 1. The quantitative estimate of drug-likeness (QED) is 0.811. The second-order valence-corrected chi connectivity index (χ2v) is 5.07. The van der Waals surface area contributed by atoms with E-state index in [1.54, 1.807) is 29.2 Å².